The Hall–Kier alpha value is -2.24. The third kappa shape index (κ3) is 4.46. The van der Waals surface area contributed by atoms with E-state index < -0.39 is 5.97 Å². The van der Waals surface area contributed by atoms with Crippen LogP contribution in [0.2, 0.25) is 0 Å². The molecule has 6 heteroatoms. The fraction of sp³-hybridized carbons (Fsp3) is 0.429. The van der Waals surface area contributed by atoms with Crippen LogP contribution in [0.1, 0.15) is 23.7 Å². The molecule has 0 saturated carbocycles. The molecule has 110 valence electrons. The molecule has 0 radical (unpaired) electrons. The number of ether oxygens (including phenoxy) is 1. The summed E-state index contributed by atoms with van der Waals surface area (Å²) >= 11 is 0. The Labute approximate surface area is 118 Å². The summed E-state index contributed by atoms with van der Waals surface area (Å²) in [5, 5.41) is 3.07. The topological polar surface area (TPSA) is 84.7 Å². The van der Waals surface area contributed by atoms with Gasteiger partial charge in [-0.1, -0.05) is 0 Å². The van der Waals surface area contributed by atoms with E-state index in [9.17, 15) is 9.59 Å². The first-order valence-corrected chi connectivity index (χ1v) is 6.46. The normalized spacial score (nSPS) is 9.95. The Morgan fingerprint density at radius 3 is 2.60 bits per heavy atom. The summed E-state index contributed by atoms with van der Waals surface area (Å²) in [6.07, 6.45) is 0.381. The van der Waals surface area contributed by atoms with E-state index in [1.165, 1.54) is 4.90 Å². The van der Waals surface area contributed by atoms with E-state index in [1.54, 1.807) is 39.2 Å². The number of benzene rings is 1. The van der Waals surface area contributed by atoms with Crippen LogP contribution >= 0.6 is 0 Å². The molecule has 20 heavy (non-hydrogen) atoms. The zero-order valence-corrected chi connectivity index (χ0v) is 12.1. The lowest BCUT2D eigenvalue weighted by atomic mass is 10.1. The van der Waals surface area contributed by atoms with Gasteiger partial charge in [0.25, 0.3) is 0 Å². The predicted molar refractivity (Wildman–Crippen MR) is 78.6 cm³/mol. The van der Waals surface area contributed by atoms with Crippen LogP contribution in [0.4, 0.5) is 11.4 Å². The minimum absolute atomic E-state index is 0.0409. The van der Waals surface area contributed by atoms with Crippen LogP contribution in [0.25, 0.3) is 0 Å². The molecule has 0 saturated heterocycles. The molecule has 1 amide bonds. The lowest BCUT2D eigenvalue weighted by Crippen LogP contribution is -2.24. The number of nitrogen functional groups attached to an aromatic ring is 1. The number of esters is 1. The van der Waals surface area contributed by atoms with Gasteiger partial charge in [-0.05, 0) is 25.1 Å². The first-order chi connectivity index (χ1) is 9.45. The highest BCUT2D eigenvalue weighted by Gasteiger charge is 2.09. The third-order valence-corrected chi connectivity index (χ3v) is 2.72. The fourth-order valence-electron chi connectivity index (χ4n) is 1.59. The van der Waals surface area contributed by atoms with Crippen molar-refractivity contribution in [1.82, 2.24) is 4.90 Å². The fourth-order valence-corrected chi connectivity index (χ4v) is 1.59. The van der Waals surface area contributed by atoms with Gasteiger partial charge < -0.3 is 20.7 Å². The lowest BCUT2D eigenvalue weighted by Gasteiger charge is -2.13. The van der Waals surface area contributed by atoms with Gasteiger partial charge in [0.1, 0.15) is 0 Å². The molecule has 0 aliphatic heterocycles. The second kappa shape index (κ2) is 7.37. The van der Waals surface area contributed by atoms with Gasteiger partial charge >= 0.3 is 5.97 Å². The van der Waals surface area contributed by atoms with E-state index in [4.69, 9.17) is 10.5 Å². The Bertz CT molecular complexity index is 487. The smallest absolute Gasteiger partial charge is 0.338 e. The van der Waals surface area contributed by atoms with Gasteiger partial charge in [0.05, 0.1) is 23.5 Å². The zero-order chi connectivity index (χ0) is 15.1. The van der Waals surface area contributed by atoms with E-state index in [-0.39, 0.29) is 5.91 Å². The van der Waals surface area contributed by atoms with Crippen LogP contribution in [0, 0.1) is 0 Å². The highest BCUT2D eigenvalue weighted by atomic mass is 16.5. The van der Waals surface area contributed by atoms with Crippen molar-refractivity contribution in [2.45, 2.75) is 13.3 Å². The maximum atomic E-state index is 11.5. The van der Waals surface area contributed by atoms with Crippen LogP contribution in [0.15, 0.2) is 18.2 Å². The molecule has 0 spiro atoms. The molecule has 0 aliphatic carbocycles. The Balaban J connectivity index is 2.60. The van der Waals surface area contributed by atoms with E-state index >= 15 is 0 Å². The molecule has 0 heterocycles. The lowest BCUT2D eigenvalue weighted by molar-refractivity contribution is -0.128. The van der Waals surface area contributed by atoms with Crippen molar-refractivity contribution >= 4 is 23.3 Å². The van der Waals surface area contributed by atoms with Crippen molar-refractivity contribution in [3.05, 3.63) is 23.8 Å². The summed E-state index contributed by atoms with van der Waals surface area (Å²) < 4.78 is 4.90. The number of hydrogen-bond acceptors (Lipinski definition) is 5. The number of carbonyl (C=O) groups excluding carboxylic acids is 2. The van der Waals surface area contributed by atoms with Crippen molar-refractivity contribution in [2.24, 2.45) is 0 Å². The monoisotopic (exact) mass is 279 g/mol. The number of nitrogens with zero attached hydrogens (tertiary/aromatic N) is 1. The Kier molecular flexibility index (Phi) is 5.83. The Morgan fingerprint density at radius 2 is 2.05 bits per heavy atom. The molecular weight excluding hydrogens is 258 g/mol. The van der Waals surface area contributed by atoms with Gasteiger partial charge in [0.15, 0.2) is 0 Å². The van der Waals surface area contributed by atoms with E-state index in [1.807, 2.05) is 0 Å². The van der Waals surface area contributed by atoms with Crippen molar-refractivity contribution in [2.75, 3.05) is 38.3 Å². The average Bonchev–Trinajstić information content (AvgIpc) is 2.40. The summed E-state index contributed by atoms with van der Waals surface area (Å²) in [4.78, 5) is 24.5. The second-order valence-corrected chi connectivity index (χ2v) is 4.49. The highest BCUT2D eigenvalue weighted by Crippen LogP contribution is 2.20. The summed E-state index contributed by atoms with van der Waals surface area (Å²) in [5.41, 5.74) is 7.43. The molecule has 0 unspecified atom stereocenters. The van der Waals surface area contributed by atoms with Gasteiger partial charge in [-0.15, -0.1) is 0 Å². The first kappa shape index (κ1) is 15.8. The zero-order valence-electron chi connectivity index (χ0n) is 12.1. The number of amides is 1. The number of rotatable bonds is 6. The quantitative estimate of drug-likeness (QED) is 0.606. The molecule has 0 aliphatic rings. The van der Waals surface area contributed by atoms with E-state index in [0.717, 1.165) is 0 Å². The second-order valence-electron chi connectivity index (χ2n) is 4.49. The van der Waals surface area contributed by atoms with Gasteiger partial charge in [-0.2, -0.15) is 0 Å². The molecule has 1 rings (SSSR count). The average molecular weight is 279 g/mol. The van der Waals surface area contributed by atoms with Gasteiger partial charge in [-0.3, -0.25) is 4.79 Å². The van der Waals surface area contributed by atoms with Crippen LogP contribution in [0.5, 0.6) is 0 Å². The van der Waals surface area contributed by atoms with Crippen LogP contribution in [-0.2, 0) is 9.53 Å². The third-order valence-electron chi connectivity index (χ3n) is 2.72. The minimum atomic E-state index is -0.395. The molecule has 6 nitrogen and oxygen atoms in total. The number of hydrogen-bond donors (Lipinski definition) is 2. The maximum Gasteiger partial charge on any atom is 0.338 e. The molecule has 3 N–H and O–H groups in total. The summed E-state index contributed by atoms with van der Waals surface area (Å²) in [7, 11) is 3.43. The summed E-state index contributed by atoms with van der Waals surface area (Å²) in [6.45, 7) is 2.56. The van der Waals surface area contributed by atoms with Crippen LogP contribution < -0.4 is 11.1 Å². The summed E-state index contributed by atoms with van der Waals surface area (Å²) in [6, 6.07) is 4.92. The van der Waals surface area contributed by atoms with Gasteiger partial charge in [0.2, 0.25) is 5.91 Å². The van der Waals surface area contributed by atoms with E-state index in [2.05, 4.69) is 5.32 Å². The van der Waals surface area contributed by atoms with Crippen molar-refractivity contribution < 1.29 is 14.3 Å². The van der Waals surface area contributed by atoms with Crippen molar-refractivity contribution in [3.63, 3.8) is 0 Å². The highest BCUT2D eigenvalue weighted by molar-refractivity contribution is 5.92. The minimum Gasteiger partial charge on any atom is -0.462 e. The number of nitrogens with one attached hydrogen (secondary N) is 1. The van der Waals surface area contributed by atoms with Gasteiger partial charge in [0, 0.05) is 27.1 Å². The Morgan fingerprint density at radius 1 is 1.35 bits per heavy atom. The van der Waals surface area contributed by atoms with Crippen molar-refractivity contribution in [3.8, 4) is 0 Å². The number of carbonyl (C=O) groups is 2. The number of anilines is 2. The van der Waals surface area contributed by atoms with E-state index in [0.29, 0.717) is 36.5 Å². The standard InChI is InChI=1S/C14H21N3O3/c1-4-20-14(19)10-5-6-12(11(15)9-10)16-8-7-13(18)17(2)3/h5-6,9,16H,4,7-8,15H2,1-3H3. The largest absolute Gasteiger partial charge is 0.462 e. The van der Waals surface area contributed by atoms with Gasteiger partial charge in [-0.25, -0.2) is 4.79 Å². The van der Waals surface area contributed by atoms with Crippen molar-refractivity contribution in [1.29, 1.82) is 0 Å². The molecule has 1 aromatic rings. The molecule has 0 aromatic heterocycles. The number of nitrogens with two attached hydrogens (primary N) is 1. The molecule has 0 atom stereocenters. The molecule has 1 aromatic carbocycles. The summed E-state index contributed by atoms with van der Waals surface area (Å²) in [5.74, 6) is -0.354. The van der Waals surface area contributed by atoms with Crippen LogP contribution in [-0.4, -0.2) is 44.0 Å². The van der Waals surface area contributed by atoms with Crippen LogP contribution in [0.3, 0.4) is 0 Å². The predicted octanol–water partition coefficient (Wildman–Crippen LogP) is 1.34. The molecule has 0 bridgehead atoms. The first-order valence-electron chi connectivity index (χ1n) is 6.46. The SMILES string of the molecule is CCOC(=O)c1ccc(NCCC(=O)N(C)C)c(N)c1. The molecular formula is C14H21N3O3. The maximum absolute atomic E-state index is 11.5. The molecule has 0 fully saturated rings.